The smallest absolute Gasteiger partial charge is 0.336 e. The number of nitriles is 2. The lowest BCUT2D eigenvalue weighted by Gasteiger charge is -2.14. The molecule has 13 nitrogen and oxygen atoms in total. The Balaban J connectivity index is 2.73. The van der Waals surface area contributed by atoms with E-state index in [4.69, 9.17) is 20.0 Å². The predicted octanol–water partition coefficient (Wildman–Crippen LogP) is 2.82. The van der Waals surface area contributed by atoms with E-state index in [9.17, 15) is 19.2 Å². The van der Waals surface area contributed by atoms with Gasteiger partial charge in [0.05, 0.1) is 6.61 Å². The number of unbranched alkanes of at least 4 members (excludes halogenated alkanes) is 10. The van der Waals surface area contributed by atoms with E-state index in [-0.39, 0.29) is 32.2 Å². The van der Waals surface area contributed by atoms with Gasteiger partial charge in [0.25, 0.3) is 12.5 Å². The quantitative estimate of drug-likeness (QED) is 0.0954. The second kappa shape index (κ2) is 23.2. The summed E-state index contributed by atoms with van der Waals surface area (Å²) >= 11 is 0. The zero-order valence-electron chi connectivity index (χ0n) is 24.4. The number of carbonyl (C=O) groups is 1. The molecule has 1 aromatic heterocycles. The molecule has 0 bridgehead atoms. The maximum absolute atomic E-state index is 13.1. The van der Waals surface area contributed by atoms with Crippen molar-refractivity contribution in [3.05, 3.63) is 31.5 Å². The number of carbonyl (C=O) groups excluding carboxylic acids is 1. The van der Waals surface area contributed by atoms with E-state index in [1.807, 2.05) is 0 Å². The van der Waals surface area contributed by atoms with Crippen LogP contribution in [0.5, 0.6) is 0 Å². The molecule has 0 spiro atoms. The van der Waals surface area contributed by atoms with Crippen LogP contribution in [0.1, 0.15) is 89.9 Å². The van der Waals surface area contributed by atoms with E-state index in [1.54, 1.807) is 19.6 Å². The Morgan fingerprint density at radius 3 is 1.39 bits per heavy atom. The van der Waals surface area contributed by atoms with Gasteiger partial charge in [-0.25, -0.2) is 28.1 Å². The average molecular weight is 580 g/mol. The first kappa shape index (κ1) is 35.4. The molecule has 0 saturated heterocycles. The summed E-state index contributed by atoms with van der Waals surface area (Å²) in [6.07, 6.45) is 13.1. The van der Waals surface area contributed by atoms with Crippen LogP contribution in [0.2, 0.25) is 0 Å². The lowest BCUT2D eigenvalue weighted by molar-refractivity contribution is -0.145. The van der Waals surface area contributed by atoms with Crippen molar-refractivity contribution in [3.8, 4) is 12.5 Å². The molecule has 41 heavy (non-hydrogen) atoms. The summed E-state index contributed by atoms with van der Waals surface area (Å²) in [6.45, 7) is 1.95. The topological polar surface area (TPSA) is 168 Å². The monoisotopic (exact) mass is 579 g/mol. The first-order valence-corrected chi connectivity index (χ1v) is 14.6. The molecule has 0 N–H and O–H groups in total. The Bertz CT molecular complexity index is 1060. The lowest BCUT2D eigenvalue weighted by Crippen LogP contribution is -2.54. The van der Waals surface area contributed by atoms with E-state index in [0.29, 0.717) is 64.8 Å². The number of hydrogen-bond donors (Lipinski definition) is 0. The Morgan fingerprint density at radius 1 is 0.585 bits per heavy atom. The van der Waals surface area contributed by atoms with Gasteiger partial charge in [0.2, 0.25) is 0 Å². The van der Waals surface area contributed by atoms with Crippen molar-refractivity contribution in [2.45, 2.75) is 110 Å². The second-order valence-corrected chi connectivity index (χ2v) is 9.74. The average Bonchev–Trinajstić information content (AvgIpc) is 2.96. The molecule has 230 valence electrons. The Hall–Kier alpha value is -3.58. The molecule has 0 aromatic carbocycles. The number of aromatic nitrogens is 3. The van der Waals surface area contributed by atoms with E-state index < -0.39 is 17.1 Å². The van der Waals surface area contributed by atoms with Crippen molar-refractivity contribution < 1.29 is 23.7 Å². The van der Waals surface area contributed by atoms with Gasteiger partial charge in [0.15, 0.2) is 0 Å². The third-order valence-electron chi connectivity index (χ3n) is 6.58. The van der Waals surface area contributed by atoms with Crippen LogP contribution >= 0.6 is 0 Å². The molecule has 0 atom stereocenters. The fourth-order valence-corrected chi connectivity index (χ4v) is 4.32. The molecule has 0 aliphatic rings. The van der Waals surface area contributed by atoms with Gasteiger partial charge in [-0.1, -0.05) is 32.1 Å². The van der Waals surface area contributed by atoms with Gasteiger partial charge in [0.1, 0.15) is 19.8 Å². The maximum Gasteiger partial charge on any atom is 0.336 e. The number of hydrogen-bond acceptors (Lipinski definition) is 10. The zero-order chi connectivity index (χ0) is 30.1. The Labute approximate surface area is 241 Å². The van der Waals surface area contributed by atoms with E-state index in [1.165, 1.54) is 0 Å². The summed E-state index contributed by atoms with van der Waals surface area (Å²) in [5.74, 6) is -0.248. The molecule has 0 aliphatic heterocycles. The summed E-state index contributed by atoms with van der Waals surface area (Å²) in [6, 6.07) is 0. The van der Waals surface area contributed by atoms with Crippen LogP contribution in [-0.4, -0.2) is 53.2 Å². The van der Waals surface area contributed by atoms with Crippen LogP contribution in [0.25, 0.3) is 0 Å². The SMILES string of the molecule is COCCOC(=O)CCCCCCCn1c(=O)n(CCCCCCOC#N)c(=O)n(CCCCCCOC#N)c1=O. The summed E-state index contributed by atoms with van der Waals surface area (Å²) in [4.78, 5) is 51.1. The highest BCUT2D eigenvalue weighted by molar-refractivity contribution is 5.69. The molecule has 0 saturated carbocycles. The first-order valence-electron chi connectivity index (χ1n) is 14.6. The van der Waals surface area contributed by atoms with Gasteiger partial charge < -0.3 is 18.9 Å². The van der Waals surface area contributed by atoms with Crippen LogP contribution in [0, 0.1) is 23.0 Å². The zero-order valence-corrected chi connectivity index (χ0v) is 24.4. The molecule has 1 rings (SSSR count). The van der Waals surface area contributed by atoms with Gasteiger partial charge in [-0.2, -0.15) is 10.5 Å². The number of methoxy groups -OCH3 is 1. The van der Waals surface area contributed by atoms with E-state index >= 15 is 0 Å². The molecule has 1 heterocycles. The van der Waals surface area contributed by atoms with Crippen molar-refractivity contribution in [2.75, 3.05) is 33.5 Å². The molecule has 0 radical (unpaired) electrons. The fraction of sp³-hybridized carbons (Fsp3) is 0.786. The van der Waals surface area contributed by atoms with E-state index in [2.05, 4.69) is 9.47 Å². The third-order valence-corrected chi connectivity index (χ3v) is 6.58. The summed E-state index contributed by atoms with van der Waals surface area (Å²) in [5, 5.41) is 16.9. The van der Waals surface area contributed by atoms with Gasteiger partial charge >= 0.3 is 23.0 Å². The van der Waals surface area contributed by atoms with Crippen molar-refractivity contribution in [1.82, 2.24) is 13.7 Å². The molecule has 1 aromatic rings. The van der Waals surface area contributed by atoms with Gasteiger partial charge in [-0.05, 0) is 51.4 Å². The summed E-state index contributed by atoms with van der Waals surface area (Å²) < 4.78 is 22.7. The molecule has 0 aliphatic carbocycles. The van der Waals surface area contributed by atoms with Crippen molar-refractivity contribution in [2.24, 2.45) is 0 Å². The molecule has 13 heteroatoms. The molecule has 0 fully saturated rings. The van der Waals surface area contributed by atoms with Crippen molar-refractivity contribution >= 4 is 5.97 Å². The van der Waals surface area contributed by atoms with Crippen molar-refractivity contribution in [3.63, 3.8) is 0 Å². The molecular weight excluding hydrogens is 534 g/mol. The first-order chi connectivity index (χ1) is 20.0. The van der Waals surface area contributed by atoms with Crippen LogP contribution in [0.4, 0.5) is 0 Å². The Kier molecular flexibility index (Phi) is 20.0. The number of rotatable bonds is 25. The van der Waals surface area contributed by atoms with Crippen LogP contribution in [0.3, 0.4) is 0 Å². The summed E-state index contributed by atoms with van der Waals surface area (Å²) in [7, 11) is 1.54. The normalized spacial score (nSPS) is 10.6. The number of ether oxygens (including phenoxy) is 4. The van der Waals surface area contributed by atoms with Gasteiger partial charge in [-0.3, -0.25) is 4.79 Å². The van der Waals surface area contributed by atoms with Gasteiger partial charge in [0, 0.05) is 33.2 Å². The molecule has 0 unspecified atom stereocenters. The lowest BCUT2D eigenvalue weighted by atomic mass is 10.1. The van der Waals surface area contributed by atoms with Crippen LogP contribution in [-0.2, 0) is 43.4 Å². The standard InChI is InChI=1S/C28H45N5O8/c1-38-21-22-41-25(34)15-9-3-2-4-10-16-31-26(35)32(17-11-5-7-13-19-39-23-29)28(37)33(27(31)36)18-12-6-8-14-20-40-24-30/h2-22H2,1H3. The van der Waals surface area contributed by atoms with Crippen LogP contribution < -0.4 is 17.1 Å². The van der Waals surface area contributed by atoms with Crippen LogP contribution in [0.15, 0.2) is 14.4 Å². The predicted molar refractivity (Wildman–Crippen MR) is 150 cm³/mol. The van der Waals surface area contributed by atoms with Crippen molar-refractivity contribution in [1.29, 1.82) is 10.5 Å². The Morgan fingerprint density at radius 2 is 0.976 bits per heavy atom. The van der Waals surface area contributed by atoms with Gasteiger partial charge in [-0.15, -0.1) is 0 Å². The van der Waals surface area contributed by atoms with E-state index in [0.717, 1.165) is 58.6 Å². The molecular formula is C28H45N5O8. The largest absolute Gasteiger partial charge is 0.463 e. The minimum Gasteiger partial charge on any atom is -0.463 e. The highest BCUT2D eigenvalue weighted by Gasteiger charge is 2.15. The highest BCUT2D eigenvalue weighted by atomic mass is 16.6. The maximum atomic E-state index is 13.1. The number of esters is 1. The molecule has 0 amide bonds. The second-order valence-electron chi connectivity index (χ2n) is 9.74. The number of nitrogens with zero attached hydrogens (tertiary/aromatic N) is 5. The summed E-state index contributed by atoms with van der Waals surface area (Å²) in [5.41, 5.74) is -1.76. The highest BCUT2D eigenvalue weighted by Crippen LogP contribution is 2.07. The minimum atomic E-state index is -0.589. The third kappa shape index (κ3) is 15.1. The fourth-order valence-electron chi connectivity index (χ4n) is 4.32. The minimum absolute atomic E-state index is 0.211.